The van der Waals surface area contributed by atoms with Gasteiger partial charge in [-0.3, -0.25) is 9.59 Å². The number of nitrogens with two attached hydrogens (primary N) is 1. The second-order valence-corrected chi connectivity index (χ2v) is 5.06. The van der Waals surface area contributed by atoms with Gasteiger partial charge in [0, 0.05) is 13.1 Å². The number of amides is 2. The van der Waals surface area contributed by atoms with E-state index in [1.807, 2.05) is 18.2 Å². The van der Waals surface area contributed by atoms with Crippen LogP contribution >= 0.6 is 12.4 Å². The smallest absolute Gasteiger partial charge is 0.287 e. The summed E-state index contributed by atoms with van der Waals surface area (Å²) in [5.41, 5.74) is 5.70. The van der Waals surface area contributed by atoms with E-state index in [0.717, 1.165) is 5.56 Å². The highest BCUT2D eigenvalue weighted by molar-refractivity contribution is 5.91. The van der Waals surface area contributed by atoms with Crippen LogP contribution in [-0.4, -0.2) is 24.9 Å². The highest BCUT2D eigenvalue weighted by Gasteiger charge is 2.29. The summed E-state index contributed by atoms with van der Waals surface area (Å²) in [5.74, 6) is -0.386. The summed E-state index contributed by atoms with van der Waals surface area (Å²) in [6.45, 7) is 2.22. The number of halogens is 1. The van der Waals surface area contributed by atoms with Gasteiger partial charge in [0.05, 0.1) is 6.26 Å². The van der Waals surface area contributed by atoms with Crippen molar-refractivity contribution in [2.24, 2.45) is 5.73 Å². The highest BCUT2D eigenvalue weighted by Crippen LogP contribution is 2.16. The average molecular weight is 338 g/mol. The largest absolute Gasteiger partial charge is 0.459 e. The molecule has 0 aliphatic rings. The maximum Gasteiger partial charge on any atom is 0.287 e. The first-order valence-corrected chi connectivity index (χ1v) is 6.96. The lowest BCUT2D eigenvalue weighted by Crippen LogP contribution is -2.50. The van der Waals surface area contributed by atoms with Crippen LogP contribution in [0.1, 0.15) is 23.0 Å². The molecule has 0 aliphatic carbocycles. The molecule has 0 fully saturated rings. The van der Waals surface area contributed by atoms with Crippen molar-refractivity contribution < 1.29 is 14.0 Å². The van der Waals surface area contributed by atoms with E-state index < -0.39 is 5.54 Å². The molecule has 0 bridgehead atoms. The van der Waals surface area contributed by atoms with Gasteiger partial charge in [-0.2, -0.15) is 0 Å². The van der Waals surface area contributed by atoms with Crippen LogP contribution in [0.5, 0.6) is 0 Å². The van der Waals surface area contributed by atoms with Gasteiger partial charge in [-0.1, -0.05) is 30.3 Å². The number of carbonyl (C=O) groups is 2. The summed E-state index contributed by atoms with van der Waals surface area (Å²) in [7, 11) is 0. The summed E-state index contributed by atoms with van der Waals surface area (Å²) < 4.78 is 4.97. The van der Waals surface area contributed by atoms with Gasteiger partial charge in [0.25, 0.3) is 5.91 Å². The zero-order chi connectivity index (χ0) is 16.0. The molecule has 0 saturated carbocycles. The van der Waals surface area contributed by atoms with Crippen LogP contribution in [0.3, 0.4) is 0 Å². The maximum atomic E-state index is 12.2. The van der Waals surface area contributed by atoms with Crippen molar-refractivity contribution in [3.8, 4) is 0 Å². The molecule has 1 atom stereocenters. The van der Waals surface area contributed by atoms with Crippen molar-refractivity contribution in [2.45, 2.75) is 12.5 Å². The summed E-state index contributed by atoms with van der Waals surface area (Å²) in [5, 5.41) is 5.36. The number of hydrogen-bond donors (Lipinski definition) is 3. The molecule has 4 N–H and O–H groups in total. The van der Waals surface area contributed by atoms with Crippen LogP contribution in [0, 0.1) is 0 Å². The third-order valence-electron chi connectivity index (χ3n) is 3.29. The number of hydrogen-bond acceptors (Lipinski definition) is 4. The molecule has 1 unspecified atom stereocenters. The molecule has 7 heteroatoms. The minimum absolute atomic E-state index is 0. The average Bonchev–Trinajstić information content (AvgIpc) is 3.06. The topological polar surface area (TPSA) is 97.4 Å². The summed E-state index contributed by atoms with van der Waals surface area (Å²) in [6, 6.07) is 12.3. The molecule has 2 aromatic rings. The lowest BCUT2D eigenvalue weighted by Gasteiger charge is -2.24. The minimum atomic E-state index is -1.12. The standard InChI is InChI=1S/C16H19N3O3.ClH/c1-16(17,12-6-3-2-4-7-12)15(21)19-10-9-18-14(20)13-8-5-11-22-13;/h2-8,11H,9-10,17H2,1H3,(H,18,20)(H,19,21);1H. The third kappa shape index (κ3) is 4.84. The number of rotatable bonds is 6. The van der Waals surface area contributed by atoms with Crippen LogP contribution < -0.4 is 16.4 Å². The molecular formula is C16H20ClN3O3. The fraction of sp³-hybridized carbons (Fsp3) is 0.250. The number of furan rings is 1. The fourth-order valence-electron chi connectivity index (χ4n) is 1.95. The predicted molar refractivity (Wildman–Crippen MR) is 89.3 cm³/mol. The third-order valence-corrected chi connectivity index (χ3v) is 3.29. The van der Waals surface area contributed by atoms with Crippen LogP contribution in [0.2, 0.25) is 0 Å². The Labute approximate surface area is 140 Å². The quantitative estimate of drug-likeness (QED) is 0.694. The Hall–Kier alpha value is -2.31. The lowest BCUT2D eigenvalue weighted by molar-refractivity contribution is -0.126. The van der Waals surface area contributed by atoms with Gasteiger partial charge < -0.3 is 20.8 Å². The molecule has 1 heterocycles. The molecule has 0 aliphatic heterocycles. The Morgan fingerprint density at radius 2 is 1.74 bits per heavy atom. The normalized spacial score (nSPS) is 12.6. The fourth-order valence-corrected chi connectivity index (χ4v) is 1.95. The van der Waals surface area contributed by atoms with E-state index in [-0.39, 0.29) is 43.1 Å². The molecule has 2 rings (SSSR count). The van der Waals surface area contributed by atoms with E-state index in [2.05, 4.69) is 10.6 Å². The Kier molecular flexibility index (Phi) is 6.81. The SMILES string of the molecule is CC(N)(C(=O)NCCNC(=O)c1ccco1)c1ccccc1.Cl. The molecule has 1 aromatic heterocycles. The molecule has 2 amide bonds. The number of carbonyl (C=O) groups excluding carboxylic acids is 2. The van der Waals surface area contributed by atoms with Crippen molar-refractivity contribution >= 4 is 24.2 Å². The van der Waals surface area contributed by atoms with Crippen LogP contribution in [0.15, 0.2) is 53.1 Å². The zero-order valence-electron chi connectivity index (χ0n) is 12.7. The lowest BCUT2D eigenvalue weighted by atomic mass is 9.92. The van der Waals surface area contributed by atoms with E-state index in [1.165, 1.54) is 6.26 Å². The first kappa shape index (κ1) is 18.7. The van der Waals surface area contributed by atoms with Gasteiger partial charge in [0.15, 0.2) is 5.76 Å². The molecule has 6 nitrogen and oxygen atoms in total. The molecule has 23 heavy (non-hydrogen) atoms. The van der Waals surface area contributed by atoms with Gasteiger partial charge in [-0.15, -0.1) is 12.4 Å². The summed E-state index contributed by atoms with van der Waals surface area (Å²) in [4.78, 5) is 23.8. The van der Waals surface area contributed by atoms with Gasteiger partial charge in [-0.25, -0.2) is 0 Å². The van der Waals surface area contributed by atoms with Gasteiger partial charge in [-0.05, 0) is 24.6 Å². The van der Waals surface area contributed by atoms with Crippen molar-refractivity contribution in [3.05, 3.63) is 60.1 Å². The van der Waals surface area contributed by atoms with E-state index >= 15 is 0 Å². The minimum Gasteiger partial charge on any atom is -0.459 e. The highest BCUT2D eigenvalue weighted by atomic mass is 35.5. The van der Waals surface area contributed by atoms with Crippen molar-refractivity contribution in [2.75, 3.05) is 13.1 Å². The molecule has 1 aromatic carbocycles. The van der Waals surface area contributed by atoms with E-state index in [9.17, 15) is 9.59 Å². The molecular weight excluding hydrogens is 318 g/mol. The second kappa shape index (κ2) is 8.36. The first-order valence-electron chi connectivity index (χ1n) is 6.96. The van der Waals surface area contributed by atoms with E-state index in [1.54, 1.807) is 31.2 Å². The maximum absolute atomic E-state index is 12.2. The molecule has 0 saturated heterocycles. The second-order valence-electron chi connectivity index (χ2n) is 5.06. The predicted octanol–water partition coefficient (Wildman–Crippen LogP) is 1.42. The van der Waals surface area contributed by atoms with Crippen molar-refractivity contribution in [3.63, 3.8) is 0 Å². The van der Waals surface area contributed by atoms with Gasteiger partial charge in [0.2, 0.25) is 5.91 Å². The zero-order valence-corrected chi connectivity index (χ0v) is 13.6. The molecule has 0 radical (unpaired) electrons. The number of benzene rings is 1. The number of nitrogens with one attached hydrogen (secondary N) is 2. The Morgan fingerprint density at radius 3 is 2.35 bits per heavy atom. The van der Waals surface area contributed by atoms with Crippen LogP contribution in [0.4, 0.5) is 0 Å². The Morgan fingerprint density at radius 1 is 1.09 bits per heavy atom. The van der Waals surface area contributed by atoms with Crippen LogP contribution in [0.25, 0.3) is 0 Å². The molecule has 124 valence electrons. The van der Waals surface area contributed by atoms with Gasteiger partial charge >= 0.3 is 0 Å². The van der Waals surface area contributed by atoms with Gasteiger partial charge in [0.1, 0.15) is 5.54 Å². The van der Waals surface area contributed by atoms with E-state index in [4.69, 9.17) is 10.2 Å². The molecule has 0 spiro atoms. The monoisotopic (exact) mass is 337 g/mol. The van der Waals surface area contributed by atoms with Crippen LogP contribution in [-0.2, 0) is 10.3 Å². The summed E-state index contributed by atoms with van der Waals surface area (Å²) >= 11 is 0. The van der Waals surface area contributed by atoms with E-state index in [0.29, 0.717) is 0 Å². The van der Waals surface area contributed by atoms with Crippen molar-refractivity contribution in [1.29, 1.82) is 0 Å². The first-order chi connectivity index (χ1) is 10.5. The van der Waals surface area contributed by atoms with Crippen molar-refractivity contribution in [1.82, 2.24) is 10.6 Å². The summed E-state index contributed by atoms with van der Waals surface area (Å²) in [6.07, 6.45) is 1.43. The Bertz CT molecular complexity index is 627. The Balaban J connectivity index is 0.00000264.